The topological polar surface area (TPSA) is 142 Å². The molecule has 6 aromatic heterocycles. The van der Waals surface area contributed by atoms with E-state index in [1.165, 1.54) is 19.0 Å². The molecule has 0 saturated heterocycles. The maximum atomic E-state index is 5.77. The van der Waals surface area contributed by atoms with Gasteiger partial charge in [-0.3, -0.25) is 14.5 Å². The summed E-state index contributed by atoms with van der Waals surface area (Å²) in [7, 11) is 3.63. The molecule has 34 heavy (non-hydrogen) atoms. The van der Waals surface area contributed by atoms with Crippen LogP contribution >= 0.6 is 57.4 Å². The van der Waals surface area contributed by atoms with Gasteiger partial charge >= 0.3 is 0 Å². The molecule has 16 heteroatoms. The fourth-order valence-electron chi connectivity index (χ4n) is 2.59. The number of aromatic nitrogens is 12. The molecule has 0 saturated carbocycles. The number of H-pyrrole nitrogens is 1. The number of alkyl halides is 1. The van der Waals surface area contributed by atoms with E-state index in [1.54, 1.807) is 28.0 Å². The van der Waals surface area contributed by atoms with Crippen molar-refractivity contribution in [3.63, 3.8) is 0 Å². The van der Waals surface area contributed by atoms with Crippen LogP contribution in [0.2, 0.25) is 15.5 Å². The summed E-state index contributed by atoms with van der Waals surface area (Å²) >= 11 is 19.4. The van der Waals surface area contributed by atoms with Gasteiger partial charge in [-0.2, -0.15) is 15.3 Å². The van der Waals surface area contributed by atoms with Crippen LogP contribution in [0.25, 0.3) is 33.1 Å². The van der Waals surface area contributed by atoms with Gasteiger partial charge in [-0.1, -0.05) is 57.4 Å². The molecule has 0 aliphatic carbocycles. The summed E-state index contributed by atoms with van der Waals surface area (Å²) < 4.78 is 3.31. The Balaban J connectivity index is 0.000000138. The molecule has 6 aromatic rings. The van der Waals surface area contributed by atoms with E-state index in [-0.39, 0.29) is 0 Å². The van der Waals surface area contributed by atoms with Crippen LogP contribution < -0.4 is 0 Å². The van der Waals surface area contributed by atoms with E-state index in [4.69, 9.17) is 34.8 Å². The summed E-state index contributed by atoms with van der Waals surface area (Å²) in [6, 6.07) is 0. The molecule has 0 unspecified atom stereocenters. The Kier molecular flexibility index (Phi) is 9.20. The van der Waals surface area contributed by atoms with E-state index in [1.807, 2.05) is 19.0 Å². The molecule has 0 fully saturated rings. The third kappa shape index (κ3) is 6.02. The lowest BCUT2D eigenvalue weighted by atomic mass is 10.4. The molecular formula is C18H16Cl3IN12. The van der Waals surface area contributed by atoms with Gasteiger partial charge in [0.2, 0.25) is 0 Å². The highest BCUT2D eigenvalue weighted by molar-refractivity contribution is 14.1. The number of nitrogens with zero attached hydrogens (tertiary/aromatic N) is 11. The fourth-order valence-corrected chi connectivity index (χ4v) is 3.13. The number of rotatable bonds is 0. The van der Waals surface area contributed by atoms with Crippen LogP contribution in [0.4, 0.5) is 0 Å². The third-order valence-electron chi connectivity index (χ3n) is 4.06. The molecule has 1 N–H and O–H groups in total. The zero-order valence-corrected chi connectivity index (χ0v) is 22.3. The number of halogens is 4. The second kappa shape index (κ2) is 12.1. The minimum absolute atomic E-state index is 0.429. The second-order valence-corrected chi connectivity index (χ2v) is 7.25. The molecule has 0 aliphatic heterocycles. The Labute approximate surface area is 221 Å². The largest absolute Gasteiger partial charge is 0.273 e. The lowest BCUT2D eigenvalue weighted by Gasteiger charge is -1.91. The average molecular weight is 634 g/mol. The smallest absolute Gasteiger partial charge is 0.185 e. The molecule has 0 aliphatic rings. The second-order valence-electron chi connectivity index (χ2n) is 6.17. The lowest BCUT2D eigenvalue weighted by molar-refractivity contribution is 0.775. The first-order valence-electron chi connectivity index (χ1n) is 9.19. The summed E-state index contributed by atoms with van der Waals surface area (Å²) in [6.45, 7) is 0. The van der Waals surface area contributed by atoms with Gasteiger partial charge < -0.3 is 0 Å². The van der Waals surface area contributed by atoms with Crippen molar-refractivity contribution in [2.45, 2.75) is 0 Å². The van der Waals surface area contributed by atoms with Crippen LogP contribution in [0.3, 0.4) is 0 Å². The molecule has 176 valence electrons. The molecule has 0 atom stereocenters. The lowest BCUT2D eigenvalue weighted by Crippen LogP contribution is -1.91. The normalized spacial score (nSPS) is 10.2. The highest BCUT2D eigenvalue weighted by atomic mass is 127. The Bertz CT molecular complexity index is 1500. The molecule has 0 radical (unpaired) electrons. The van der Waals surface area contributed by atoms with Gasteiger partial charge in [0.15, 0.2) is 16.9 Å². The Morgan fingerprint density at radius 1 is 0.765 bits per heavy atom. The molecule has 0 spiro atoms. The average Bonchev–Trinajstić information content (AvgIpc) is 3.56. The van der Waals surface area contributed by atoms with Crippen molar-refractivity contribution in [2.75, 3.05) is 4.93 Å². The van der Waals surface area contributed by atoms with Crippen molar-refractivity contribution in [2.24, 2.45) is 14.1 Å². The number of aromatic amines is 1. The summed E-state index contributed by atoms with van der Waals surface area (Å²) in [4.78, 5) is 25.2. The van der Waals surface area contributed by atoms with Gasteiger partial charge in [0.25, 0.3) is 0 Å². The quantitative estimate of drug-likeness (QED) is 0.149. The third-order valence-corrected chi connectivity index (χ3v) is 4.97. The number of hydrogen-bond acceptors (Lipinski definition) is 9. The van der Waals surface area contributed by atoms with Crippen LogP contribution in [0.1, 0.15) is 0 Å². The van der Waals surface area contributed by atoms with Crippen LogP contribution in [0.15, 0.2) is 37.6 Å². The summed E-state index contributed by atoms with van der Waals surface area (Å²) in [5.41, 5.74) is 2.05. The zero-order chi connectivity index (χ0) is 24.7. The maximum absolute atomic E-state index is 5.77. The van der Waals surface area contributed by atoms with Crippen molar-refractivity contribution in [3.8, 4) is 0 Å². The van der Waals surface area contributed by atoms with Crippen LogP contribution in [-0.2, 0) is 14.1 Å². The van der Waals surface area contributed by atoms with E-state index in [2.05, 4.69) is 72.9 Å². The standard InChI is InChI=1S/2C6H5ClN4.C5H3ClN4.CH3I/c1-11-2-4-5(7)8-3-9-6(4)10-11;1-11-6-4(2-10-11)5(7)8-3-9-6;6-4-3-1-9-10-5(3)8-2-7-4;1-2/h2*2-3H,1H3;1-2H,(H,7,8,9,10);1H3. The molecular weight excluding hydrogens is 618 g/mol. The Hall–Kier alpha value is -2.75. The van der Waals surface area contributed by atoms with Crippen molar-refractivity contribution >= 4 is 90.5 Å². The van der Waals surface area contributed by atoms with Gasteiger partial charge in [-0.05, 0) is 4.93 Å². The van der Waals surface area contributed by atoms with Gasteiger partial charge in [0, 0.05) is 20.3 Å². The van der Waals surface area contributed by atoms with E-state index in [0.29, 0.717) is 26.8 Å². The summed E-state index contributed by atoms with van der Waals surface area (Å²) in [5.74, 6) is 0. The predicted molar refractivity (Wildman–Crippen MR) is 139 cm³/mol. The minimum Gasteiger partial charge on any atom is -0.273 e. The Morgan fingerprint density at radius 2 is 1.38 bits per heavy atom. The minimum atomic E-state index is 0.429. The molecule has 12 nitrogen and oxygen atoms in total. The van der Waals surface area contributed by atoms with Crippen molar-refractivity contribution < 1.29 is 0 Å². The zero-order valence-electron chi connectivity index (χ0n) is 17.9. The van der Waals surface area contributed by atoms with Crippen molar-refractivity contribution in [1.29, 1.82) is 0 Å². The summed E-state index contributed by atoms with van der Waals surface area (Å²) in [6.07, 6.45) is 9.25. The maximum Gasteiger partial charge on any atom is 0.185 e. The molecule has 6 heterocycles. The van der Waals surface area contributed by atoms with E-state index in [0.717, 1.165) is 21.8 Å². The van der Waals surface area contributed by atoms with E-state index < -0.39 is 0 Å². The fraction of sp³-hybridized carbons (Fsp3) is 0.167. The summed E-state index contributed by atoms with van der Waals surface area (Å²) in [5, 5.41) is 18.1. The first-order valence-corrected chi connectivity index (χ1v) is 12.5. The van der Waals surface area contributed by atoms with Crippen LogP contribution in [-0.4, -0.2) is 64.6 Å². The van der Waals surface area contributed by atoms with Gasteiger partial charge in [0.05, 0.1) is 28.6 Å². The first kappa shape index (κ1) is 25.9. The number of aryl methyl sites for hydroxylation is 2. The first-order chi connectivity index (χ1) is 16.4. The molecule has 0 aromatic carbocycles. The molecule has 6 rings (SSSR count). The molecule has 0 bridgehead atoms. The predicted octanol–water partition coefficient (Wildman–Crippen LogP) is 4.09. The number of nitrogens with one attached hydrogen (secondary N) is 1. The van der Waals surface area contributed by atoms with Gasteiger partial charge in [-0.25, -0.2) is 29.9 Å². The number of hydrogen-bond donors (Lipinski definition) is 1. The number of fused-ring (bicyclic) bond motifs is 3. The molecule has 0 amide bonds. The Morgan fingerprint density at radius 3 is 2.03 bits per heavy atom. The monoisotopic (exact) mass is 632 g/mol. The SMILES string of the molecule is CI.Clc1ncnc2[nH]ncc12.Cn1cc2c(Cl)ncnc2n1.Cn1ncc2c(Cl)ncnc21. The van der Waals surface area contributed by atoms with Crippen LogP contribution in [0.5, 0.6) is 0 Å². The van der Waals surface area contributed by atoms with Crippen LogP contribution in [0, 0.1) is 0 Å². The van der Waals surface area contributed by atoms with Gasteiger partial charge in [0.1, 0.15) is 34.4 Å². The van der Waals surface area contributed by atoms with E-state index in [9.17, 15) is 0 Å². The highest BCUT2D eigenvalue weighted by Crippen LogP contribution is 2.17. The highest BCUT2D eigenvalue weighted by Gasteiger charge is 2.04. The van der Waals surface area contributed by atoms with E-state index >= 15 is 0 Å². The van der Waals surface area contributed by atoms with Crippen molar-refractivity contribution in [1.82, 2.24) is 59.7 Å². The van der Waals surface area contributed by atoms with Crippen molar-refractivity contribution in [3.05, 3.63) is 53.0 Å². The van der Waals surface area contributed by atoms with Gasteiger partial charge in [-0.15, -0.1) is 0 Å².